The topological polar surface area (TPSA) is 37.8 Å². The number of halogens is 3. The lowest BCUT2D eigenvalue weighted by atomic mass is 10.0. The third-order valence-electron chi connectivity index (χ3n) is 3.28. The van der Waals surface area contributed by atoms with E-state index in [-0.39, 0.29) is 11.7 Å². The molecule has 0 saturated heterocycles. The van der Waals surface area contributed by atoms with Crippen LogP contribution in [0.15, 0.2) is 6.07 Å². The van der Waals surface area contributed by atoms with Crippen LogP contribution >= 0.6 is 0 Å². The molecule has 1 N–H and O–H groups in total. The maximum absolute atomic E-state index is 12.5. The molecule has 1 saturated carbocycles. The highest BCUT2D eigenvalue weighted by molar-refractivity contribution is 5.37. The molecule has 0 bridgehead atoms. The molecule has 6 heteroatoms. The second-order valence-electron chi connectivity index (χ2n) is 4.90. The Morgan fingerprint density at radius 1 is 1.26 bits per heavy atom. The Morgan fingerprint density at radius 2 is 1.95 bits per heavy atom. The lowest BCUT2D eigenvalue weighted by molar-refractivity contribution is -0.128. The van der Waals surface area contributed by atoms with Gasteiger partial charge in [-0.2, -0.15) is 13.2 Å². The van der Waals surface area contributed by atoms with Crippen molar-refractivity contribution >= 4 is 5.82 Å². The number of aromatic nitrogens is 2. The average Bonchev–Trinajstić information content (AvgIpc) is 2.79. The standard InChI is InChI=1S/C13H18F3N3/c1-2-17-11-7-10(9-5-3-4-6-9)18-12(19-11)8-13(14,15)16/h7,9H,2-6,8H2,1H3,(H,17,18,19). The van der Waals surface area contributed by atoms with Crippen molar-refractivity contribution < 1.29 is 13.2 Å². The molecule has 0 unspecified atom stereocenters. The Labute approximate surface area is 110 Å². The van der Waals surface area contributed by atoms with Gasteiger partial charge >= 0.3 is 6.18 Å². The second kappa shape index (κ2) is 5.75. The quantitative estimate of drug-likeness (QED) is 0.909. The number of nitrogens with one attached hydrogen (secondary N) is 1. The molecule has 19 heavy (non-hydrogen) atoms. The minimum atomic E-state index is -4.27. The number of rotatable bonds is 4. The Balaban J connectivity index is 2.26. The number of hydrogen-bond donors (Lipinski definition) is 1. The first-order chi connectivity index (χ1) is 8.98. The van der Waals surface area contributed by atoms with Crippen LogP contribution in [0.5, 0.6) is 0 Å². The molecule has 0 aliphatic heterocycles. The van der Waals surface area contributed by atoms with Gasteiger partial charge in [-0.15, -0.1) is 0 Å². The Bertz CT molecular complexity index is 426. The highest BCUT2D eigenvalue weighted by Crippen LogP contribution is 2.34. The molecule has 1 aromatic rings. The molecule has 0 atom stereocenters. The zero-order chi connectivity index (χ0) is 13.9. The lowest BCUT2D eigenvalue weighted by Crippen LogP contribution is -2.16. The Morgan fingerprint density at radius 3 is 2.53 bits per heavy atom. The molecule has 1 fully saturated rings. The van der Waals surface area contributed by atoms with Crippen molar-refractivity contribution in [2.24, 2.45) is 0 Å². The van der Waals surface area contributed by atoms with Crippen LogP contribution in [0.4, 0.5) is 19.0 Å². The third kappa shape index (κ3) is 4.08. The molecule has 1 aromatic heterocycles. The van der Waals surface area contributed by atoms with E-state index in [1.807, 2.05) is 6.92 Å². The van der Waals surface area contributed by atoms with Crippen molar-refractivity contribution in [3.63, 3.8) is 0 Å². The maximum Gasteiger partial charge on any atom is 0.396 e. The first kappa shape index (κ1) is 14.1. The van der Waals surface area contributed by atoms with Gasteiger partial charge in [-0.25, -0.2) is 9.97 Å². The first-order valence-corrected chi connectivity index (χ1v) is 6.66. The van der Waals surface area contributed by atoms with Gasteiger partial charge in [-0.3, -0.25) is 0 Å². The lowest BCUT2D eigenvalue weighted by Gasteiger charge is -2.13. The minimum absolute atomic E-state index is 0.132. The fourth-order valence-electron chi connectivity index (χ4n) is 2.48. The van der Waals surface area contributed by atoms with Crippen LogP contribution in [-0.4, -0.2) is 22.7 Å². The van der Waals surface area contributed by atoms with E-state index in [1.54, 1.807) is 6.07 Å². The SMILES string of the molecule is CCNc1cc(C2CCCC2)nc(CC(F)(F)F)n1. The molecule has 0 radical (unpaired) electrons. The molecule has 1 aliphatic carbocycles. The molecule has 3 nitrogen and oxygen atoms in total. The minimum Gasteiger partial charge on any atom is -0.370 e. The van der Waals surface area contributed by atoms with Crippen LogP contribution in [0.25, 0.3) is 0 Å². The third-order valence-corrected chi connectivity index (χ3v) is 3.28. The zero-order valence-electron chi connectivity index (χ0n) is 10.9. The number of nitrogens with zero attached hydrogens (tertiary/aromatic N) is 2. The van der Waals surface area contributed by atoms with Crippen molar-refractivity contribution in [1.82, 2.24) is 9.97 Å². The van der Waals surface area contributed by atoms with Gasteiger partial charge in [-0.1, -0.05) is 12.8 Å². The Kier molecular flexibility index (Phi) is 4.27. The summed E-state index contributed by atoms with van der Waals surface area (Å²) < 4.78 is 37.4. The van der Waals surface area contributed by atoms with E-state index in [1.165, 1.54) is 0 Å². The van der Waals surface area contributed by atoms with Gasteiger partial charge in [0.25, 0.3) is 0 Å². The van der Waals surface area contributed by atoms with Crippen LogP contribution in [-0.2, 0) is 6.42 Å². The summed E-state index contributed by atoms with van der Waals surface area (Å²) >= 11 is 0. The maximum atomic E-state index is 12.5. The smallest absolute Gasteiger partial charge is 0.370 e. The van der Waals surface area contributed by atoms with E-state index in [9.17, 15) is 13.2 Å². The fourth-order valence-corrected chi connectivity index (χ4v) is 2.48. The highest BCUT2D eigenvalue weighted by Gasteiger charge is 2.30. The van der Waals surface area contributed by atoms with E-state index in [4.69, 9.17) is 0 Å². The van der Waals surface area contributed by atoms with Crippen LogP contribution in [0.3, 0.4) is 0 Å². The summed E-state index contributed by atoms with van der Waals surface area (Å²) in [6.07, 6.45) is -1.06. The normalized spacial score (nSPS) is 16.8. The van der Waals surface area contributed by atoms with Crippen molar-refractivity contribution in [2.45, 2.75) is 51.1 Å². The summed E-state index contributed by atoms with van der Waals surface area (Å²) in [5, 5.41) is 2.98. The number of hydrogen-bond acceptors (Lipinski definition) is 3. The van der Waals surface area contributed by atoms with Gasteiger partial charge in [0.1, 0.15) is 18.1 Å². The van der Waals surface area contributed by atoms with Gasteiger partial charge in [0, 0.05) is 24.2 Å². The number of anilines is 1. The van der Waals surface area contributed by atoms with E-state index >= 15 is 0 Å². The van der Waals surface area contributed by atoms with Crippen LogP contribution in [0.2, 0.25) is 0 Å². The predicted molar refractivity (Wildman–Crippen MR) is 67.2 cm³/mol. The van der Waals surface area contributed by atoms with E-state index in [0.29, 0.717) is 12.4 Å². The van der Waals surface area contributed by atoms with Crippen molar-refractivity contribution in [3.05, 3.63) is 17.6 Å². The van der Waals surface area contributed by atoms with E-state index in [2.05, 4.69) is 15.3 Å². The van der Waals surface area contributed by atoms with Crippen molar-refractivity contribution in [2.75, 3.05) is 11.9 Å². The molecule has 0 amide bonds. The predicted octanol–water partition coefficient (Wildman–Crippen LogP) is 3.67. The molecular formula is C13H18F3N3. The van der Waals surface area contributed by atoms with Crippen LogP contribution < -0.4 is 5.32 Å². The molecule has 1 aliphatic rings. The number of alkyl halides is 3. The monoisotopic (exact) mass is 273 g/mol. The van der Waals surface area contributed by atoms with Gasteiger partial charge in [0.15, 0.2) is 0 Å². The second-order valence-corrected chi connectivity index (χ2v) is 4.90. The summed E-state index contributed by atoms with van der Waals surface area (Å²) in [6.45, 7) is 2.52. The summed E-state index contributed by atoms with van der Waals surface area (Å²) in [6, 6.07) is 1.79. The van der Waals surface area contributed by atoms with E-state index < -0.39 is 12.6 Å². The summed E-state index contributed by atoms with van der Waals surface area (Å²) in [7, 11) is 0. The average molecular weight is 273 g/mol. The molecule has 0 aromatic carbocycles. The summed E-state index contributed by atoms with van der Waals surface area (Å²) in [5.41, 5.74) is 0.753. The first-order valence-electron chi connectivity index (χ1n) is 6.66. The largest absolute Gasteiger partial charge is 0.396 e. The zero-order valence-corrected chi connectivity index (χ0v) is 10.9. The van der Waals surface area contributed by atoms with Gasteiger partial charge in [-0.05, 0) is 19.8 Å². The Hall–Kier alpha value is -1.33. The van der Waals surface area contributed by atoms with E-state index in [0.717, 1.165) is 31.4 Å². The van der Waals surface area contributed by atoms with Crippen molar-refractivity contribution in [1.29, 1.82) is 0 Å². The van der Waals surface area contributed by atoms with Crippen molar-refractivity contribution in [3.8, 4) is 0 Å². The molecule has 1 heterocycles. The van der Waals surface area contributed by atoms with Gasteiger partial charge in [0.05, 0.1) is 0 Å². The molecular weight excluding hydrogens is 255 g/mol. The van der Waals surface area contributed by atoms with Gasteiger partial charge in [0.2, 0.25) is 0 Å². The highest BCUT2D eigenvalue weighted by atomic mass is 19.4. The molecule has 0 spiro atoms. The fraction of sp³-hybridized carbons (Fsp3) is 0.692. The molecule has 2 rings (SSSR count). The van der Waals surface area contributed by atoms with Crippen LogP contribution in [0.1, 0.15) is 50.0 Å². The van der Waals surface area contributed by atoms with Crippen LogP contribution in [0, 0.1) is 0 Å². The summed E-state index contributed by atoms with van der Waals surface area (Å²) in [4.78, 5) is 8.05. The van der Waals surface area contributed by atoms with Gasteiger partial charge < -0.3 is 5.32 Å². The summed E-state index contributed by atoms with van der Waals surface area (Å²) in [5.74, 6) is 0.652. The molecule has 106 valence electrons.